The molecule has 0 aromatic carbocycles. The molecule has 0 unspecified atom stereocenters. The molecule has 1 saturated heterocycles. The number of aliphatic hydroxyl groups is 1. The maximum atomic E-state index is 12.1. The first kappa shape index (κ1) is 24.9. The summed E-state index contributed by atoms with van der Waals surface area (Å²) in [6.07, 6.45) is 12.6. The van der Waals surface area contributed by atoms with Crippen LogP contribution in [-0.4, -0.2) is 47.9 Å². The van der Waals surface area contributed by atoms with Crippen molar-refractivity contribution in [2.24, 2.45) is 0 Å². The van der Waals surface area contributed by atoms with Crippen molar-refractivity contribution in [1.29, 1.82) is 0 Å². The third kappa shape index (κ3) is 11.7. The molecule has 6 nitrogen and oxygen atoms in total. The Morgan fingerprint density at radius 1 is 1.14 bits per heavy atom. The average Bonchev–Trinajstić information content (AvgIpc) is 2.57. The second-order valence-corrected chi connectivity index (χ2v) is 8.96. The van der Waals surface area contributed by atoms with E-state index < -0.39 is 17.5 Å². The van der Waals surface area contributed by atoms with Crippen molar-refractivity contribution in [3.63, 3.8) is 0 Å². The van der Waals surface area contributed by atoms with Crippen LogP contribution in [0.3, 0.4) is 0 Å². The lowest BCUT2D eigenvalue weighted by atomic mass is 10.1. The predicted octanol–water partition coefficient (Wildman–Crippen LogP) is 4.70. The predicted molar refractivity (Wildman–Crippen MR) is 111 cm³/mol. The van der Waals surface area contributed by atoms with Crippen LogP contribution in [0.2, 0.25) is 0 Å². The molecule has 1 aliphatic heterocycles. The van der Waals surface area contributed by atoms with Gasteiger partial charge in [-0.25, -0.2) is 4.79 Å². The smallest absolute Gasteiger partial charge is 0.408 e. The summed E-state index contributed by atoms with van der Waals surface area (Å²) in [5.41, 5.74) is -0.539. The number of carbonyl (C=O) groups is 1. The summed E-state index contributed by atoms with van der Waals surface area (Å²) < 4.78 is 17.0. The highest BCUT2D eigenvalue weighted by atomic mass is 16.7. The SMILES string of the molecule is CC(C)(C)OC(=O)N[C@H]1COC(C)(C)O[C@@H]1C=CCCCCCCCCCO. The number of carbonyl (C=O) groups excluding carboxylic acids is 1. The Labute approximate surface area is 171 Å². The highest BCUT2D eigenvalue weighted by molar-refractivity contribution is 5.68. The maximum absolute atomic E-state index is 12.1. The lowest BCUT2D eigenvalue weighted by Crippen LogP contribution is -2.55. The molecule has 2 N–H and O–H groups in total. The summed E-state index contributed by atoms with van der Waals surface area (Å²) in [6, 6.07) is -0.273. The molecule has 0 aromatic rings. The van der Waals surface area contributed by atoms with Gasteiger partial charge in [0.1, 0.15) is 11.7 Å². The number of hydrogen-bond acceptors (Lipinski definition) is 5. The quantitative estimate of drug-likeness (QED) is 0.389. The maximum Gasteiger partial charge on any atom is 0.408 e. The fourth-order valence-corrected chi connectivity index (χ4v) is 3.07. The van der Waals surface area contributed by atoms with Crippen molar-refractivity contribution >= 4 is 6.09 Å². The van der Waals surface area contributed by atoms with Gasteiger partial charge in [0.05, 0.1) is 12.6 Å². The standard InChI is InChI=1S/C22H41NO5/c1-21(2,3)28-20(25)23-18-17-26-22(4,5)27-19(18)15-13-11-9-7-6-8-10-12-14-16-24/h13,15,18-19,24H,6-12,14,16-17H2,1-5H3,(H,23,25)/t18-,19+/m0/s1. The first-order chi connectivity index (χ1) is 13.1. The Balaban J connectivity index is 2.37. The fraction of sp³-hybridized carbons (Fsp3) is 0.864. The zero-order valence-electron chi connectivity index (χ0n) is 18.5. The van der Waals surface area contributed by atoms with Gasteiger partial charge >= 0.3 is 6.09 Å². The molecule has 1 rings (SSSR count). The average molecular weight is 400 g/mol. The van der Waals surface area contributed by atoms with E-state index in [9.17, 15) is 4.79 Å². The minimum Gasteiger partial charge on any atom is -0.444 e. The van der Waals surface area contributed by atoms with E-state index in [-0.39, 0.29) is 12.1 Å². The molecular formula is C22H41NO5. The van der Waals surface area contributed by atoms with Crippen LogP contribution < -0.4 is 5.32 Å². The van der Waals surface area contributed by atoms with Crippen LogP contribution in [0, 0.1) is 0 Å². The molecule has 0 aliphatic carbocycles. The number of rotatable bonds is 11. The number of amides is 1. The van der Waals surface area contributed by atoms with Gasteiger partial charge in [-0.1, -0.05) is 44.3 Å². The molecule has 1 aliphatic rings. The first-order valence-electron chi connectivity index (χ1n) is 10.7. The van der Waals surface area contributed by atoms with Crippen molar-refractivity contribution in [3.05, 3.63) is 12.2 Å². The van der Waals surface area contributed by atoms with Gasteiger partial charge in [-0.05, 0) is 53.9 Å². The first-order valence-corrected chi connectivity index (χ1v) is 10.7. The van der Waals surface area contributed by atoms with Gasteiger partial charge in [0.2, 0.25) is 0 Å². The second-order valence-electron chi connectivity index (χ2n) is 8.96. The zero-order chi connectivity index (χ0) is 21.0. The normalized spacial score (nSPS) is 22.4. The van der Waals surface area contributed by atoms with Crippen LogP contribution in [0.25, 0.3) is 0 Å². The molecule has 6 heteroatoms. The van der Waals surface area contributed by atoms with Crippen LogP contribution in [0.4, 0.5) is 4.79 Å². The van der Waals surface area contributed by atoms with E-state index in [2.05, 4.69) is 11.4 Å². The molecule has 0 radical (unpaired) electrons. The number of ether oxygens (including phenoxy) is 3. The third-order valence-corrected chi connectivity index (χ3v) is 4.48. The number of nitrogens with one attached hydrogen (secondary N) is 1. The summed E-state index contributed by atoms with van der Waals surface area (Å²) in [6.45, 7) is 9.98. The Hall–Kier alpha value is -1.11. The third-order valence-electron chi connectivity index (χ3n) is 4.48. The summed E-state index contributed by atoms with van der Waals surface area (Å²) in [4.78, 5) is 12.1. The van der Waals surface area contributed by atoms with Gasteiger partial charge in [0.15, 0.2) is 5.79 Å². The molecule has 0 aromatic heterocycles. The van der Waals surface area contributed by atoms with Gasteiger partial charge in [-0.15, -0.1) is 0 Å². The topological polar surface area (TPSA) is 77.0 Å². The van der Waals surface area contributed by atoms with E-state index in [1.165, 1.54) is 25.7 Å². The van der Waals surface area contributed by atoms with E-state index in [4.69, 9.17) is 19.3 Å². The van der Waals surface area contributed by atoms with Crippen molar-refractivity contribution in [3.8, 4) is 0 Å². The summed E-state index contributed by atoms with van der Waals surface area (Å²) in [5, 5.41) is 11.6. The monoisotopic (exact) mass is 399 g/mol. The lowest BCUT2D eigenvalue weighted by Gasteiger charge is -2.40. The lowest BCUT2D eigenvalue weighted by molar-refractivity contribution is -0.271. The Bertz CT molecular complexity index is 470. The Morgan fingerprint density at radius 2 is 1.75 bits per heavy atom. The summed E-state index contributed by atoms with van der Waals surface area (Å²) >= 11 is 0. The van der Waals surface area contributed by atoms with E-state index >= 15 is 0 Å². The van der Waals surface area contributed by atoms with Crippen molar-refractivity contribution < 1.29 is 24.1 Å². The highest BCUT2D eigenvalue weighted by Crippen LogP contribution is 2.24. The highest BCUT2D eigenvalue weighted by Gasteiger charge is 2.36. The molecular weight excluding hydrogens is 358 g/mol. The van der Waals surface area contributed by atoms with E-state index in [0.29, 0.717) is 13.2 Å². The zero-order valence-corrected chi connectivity index (χ0v) is 18.5. The summed E-state index contributed by atoms with van der Waals surface area (Å²) in [5.74, 6) is -0.671. The minimum absolute atomic E-state index is 0.241. The molecule has 2 atom stereocenters. The van der Waals surface area contributed by atoms with Crippen molar-refractivity contribution in [2.75, 3.05) is 13.2 Å². The van der Waals surface area contributed by atoms with Gasteiger partial charge in [0, 0.05) is 6.61 Å². The van der Waals surface area contributed by atoms with Crippen LogP contribution >= 0.6 is 0 Å². The number of aliphatic hydroxyl groups excluding tert-OH is 1. The molecule has 0 saturated carbocycles. The van der Waals surface area contributed by atoms with Crippen molar-refractivity contribution in [1.82, 2.24) is 5.32 Å². The van der Waals surface area contributed by atoms with E-state index in [0.717, 1.165) is 25.7 Å². The summed E-state index contributed by atoms with van der Waals surface area (Å²) in [7, 11) is 0. The largest absolute Gasteiger partial charge is 0.444 e. The number of alkyl carbamates (subject to hydrolysis) is 1. The minimum atomic E-state index is -0.671. The van der Waals surface area contributed by atoms with E-state index in [1.54, 1.807) is 0 Å². The molecule has 0 bridgehead atoms. The van der Waals surface area contributed by atoms with Crippen LogP contribution in [0.1, 0.15) is 86.0 Å². The van der Waals surface area contributed by atoms with Gasteiger partial charge < -0.3 is 24.6 Å². The van der Waals surface area contributed by atoms with Crippen LogP contribution in [-0.2, 0) is 14.2 Å². The van der Waals surface area contributed by atoms with Crippen LogP contribution in [0.15, 0.2) is 12.2 Å². The Morgan fingerprint density at radius 3 is 2.36 bits per heavy atom. The molecule has 28 heavy (non-hydrogen) atoms. The second kappa shape index (κ2) is 12.5. The molecule has 164 valence electrons. The molecule has 1 heterocycles. The van der Waals surface area contributed by atoms with Gasteiger partial charge in [-0.2, -0.15) is 0 Å². The Kier molecular flexibility index (Phi) is 11.1. The number of allylic oxidation sites excluding steroid dienone is 1. The van der Waals surface area contributed by atoms with Gasteiger partial charge in [-0.3, -0.25) is 0 Å². The fourth-order valence-electron chi connectivity index (χ4n) is 3.07. The molecule has 0 spiro atoms. The number of hydrogen-bond donors (Lipinski definition) is 2. The van der Waals surface area contributed by atoms with E-state index in [1.807, 2.05) is 40.7 Å². The van der Waals surface area contributed by atoms with Crippen molar-refractivity contribution in [2.45, 2.75) is 110 Å². The number of unbranched alkanes of at least 4 members (excludes halogenated alkanes) is 7. The van der Waals surface area contributed by atoms with Crippen LogP contribution in [0.5, 0.6) is 0 Å². The molecule has 1 amide bonds. The molecule has 1 fully saturated rings. The van der Waals surface area contributed by atoms with Gasteiger partial charge in [0.25, 0.3) is 0 Å².